The summed E-state index contributed by atoms with van der Waals surface area (Å²) in [4.78, 5) is 15.3. The molecule has 26 heavy (non-hydrogen) atoms. The van der Waals surface area contributed by atoms with Gasteiger partial charge in [0.05, 0.1) is 30.4 Å². The Balaban J connectivity index is 1.98. The summed E-state index contributed by atoms with van der Waals surface area (Å²) in [7, 11) is 3.12. The molecule has 1 aromatic heterocycles. The van der Waals surface area contributed by atoms with Crippen molar-refractivity contribution in [1.82, 2.24) is 4.98 Å². The third-order valence-corrected chi connectivity index (χ3v) is 3.95. The van der Waals surface area contributed by atoms with E-state index in [1.165, 1.54) is 0 Å². The van der Waals surface area contributed by atoms with Crippen LogP contribution in [-0.4, -0.2) is 25.2 Å². The molecule has 0 aliphatic carbocycles. The summed E-state index contributed by atoms with van der Waals surface area (Å²) in [6.45, 7) is 0. The lowest BCUT2D eigenvalue weighted by Crippen LogP contribution is -2.19. The minimum absolute atomic E-state index is 0.305. The summed E-state index contributed by atoms with van der Waals surface area (Å²) >= 11 is 6.15. The van der Waals surface area contributed by atoms with Crippen molar-refractivity contribution in [3.8, 4) is 23.0 Å². The predicted octanol–water partition coefficient (Wildman–Crippen LogP) is 4.19. The van der Waals surface area contributed by atoms with E-state index in [4.69, 9.17) is 31.5 Å². The van der Waals surface area contributed by atoms with E-state index in [0.29, 0.717) is 39.2 Å². The molecule has 1 heterocycles. The summed E-state index contributed by atoms with van der Waals surface area (Å²) in [5, 5.41) is 3.49. The van der Waals surface area contributed by atoms with Crippen molar-refractivity contribution in [1.29, 1.82) is 0 Å². The average molecular weight is 374 g/mol. The van der Waals surface area contributed by atoms with E-state index < -0.39 is 6.03 Å². The minimum Gasteiger partial charge on any atom is -0.493 e. The zero-order chi connectivity index (χ0) is 18.7. The van der Waals surface area contributed by atoms with Crippen molar-refractivity contribution in [3.63, 3.8) is 0 Å². The quantitative estimate of drug-likeness (QED) is 0.699. The number of rotatable bonds is 5. The third kappa shape index (κ3) is 3.57. The van der Waals surface area contributed by atoms with Crippen LogP contribution in [0.5, 0.6) is 23.0 Å². The number of halogens is 1. The number of hydrogen-bond acceptors (Lipinski definition) is 5. The second-order valence-electron chi connectivity index (χ2n) is 5.27. The van der Waals surface area contributed by atoms with E-state index in [2.05, 4.69) is 10.3 Å². The number of anilines is 1. The second kappa shape index (κ2) is 7.37. The van der Waals surface area contributed by atoms with Gasteiger partial charge in [0.2, 0.25) is 0 Å². The fourth-order valence-corrected chi connectivity index (χ4v) is 2.67. The van der Waals surface area contributed by atoms with Crippen molar-refractivity contribution in [2.75, 3.05) is 19.5 Å². The van der Waals surface area contributed by atoms with Gasteiger partial charge in [0, 0.05) is 23.7 Å². The number of nitrogens with zero attached hydrogens (tertiary/aromatic N) is 1. The van der Waals surface area contributed by atoms with Crippen molar-refractivity contribution < 1.29 is 19.0 Å². The van der Waals surface area contributed by atoms with Gasteiger partial charge in [-0.05, 0) is 24.3 Å². The number of primary amides is 1. The maximum Gasteiger partial charge on any atom is 0.316 e. The van der Waals surface area contributed by atoms with Gasteiger partial charge in [-0.1, -0.05) is 11.6 Å². The summed E-state index contributed by atoms with van der Waals surface area (Å²) in [5.74, 6) is 2.21. The van der Waals surface area contributed by atoms with Crippen LogP contribution in [0.1, 0.15) is 0 Å². The highest BCUT2D eigenvalue weighted by atomic mass is 35.5. The number of methoxy groups -OCH3 is 2. The summed E-state index contributed by atoms with van der Waals surface area (Å²) in [5.41, 5.74) is 6.19. The summed E-state index contributed by atoms with van der Waals surface area (Å²) in [6, 6.07) is 9.47. The zero-order valence-electron chi connectivity index (χ0n) is 14.1. The zero-order valence-corrected chi connectivity index (χ0v) is 14.8. The minimum atomic E-state index is -0.693. The molecule has 7 nitrogen and oxygen atoms in total. The fraction of sp³-hybridized carbons (Fsp3) is 0.111. The molecule has 0 spiro atoms. The van der Waals surface area contributed by atoms with Gasteiger partial charge in [0.15, 0.2) is 11.5 Å². The fourth-order valence-electron chi connectivity index (χ4n) is 2.46. The van der Waals surface area contributed by atoms with Gasteiger partial charge in [-0.3, -0.25) is 4.98 Å². The number of fused-ring (bicyclic) bond motifs is 1. The summed E-state index contributed by atoms with van der Waals surface area (Å²) < 4.78 is 16.6. The summed E-state index contributed by atoms with van der Waals surface area (Å²) in [6.07, 6.45) is 1.63. The van der Waals surface area contributed by atoms with E-state index in [1.807, 2.05) is 0 Å². The van der Waals surface area contributed by atoms with Gasteiger partial charge in [-0.25, -0.2) is 4.79 Å². The molecule has 8 heteroatoms. The Morgan fingerprint density at radius 3 is 2.46 bits per heavy atom. The molecule has 0 aliphatic heterocycles. The number of pyridine rings is 1. The first-order valence-corrected chi connectivity index (χ1v) is 7.94. The van der Waals surface area contributed by atoms with E-state index in [-0.39, 0.29) is 0 Å². The number of nitrogens with two attached hydrogens (primary N) is 1. The van der Waals surface area contributed by atoms with Gasteiger partial charge in [0.25, 0.3) is 0 Å². The predicted molar refractivity (Wildman–Crippen MR) is 99.6 cm³/mol. The molecular weight excluding hydrogens is 358 g/mol. The maximum absolute atomic E-state index is 10.9. The molecule has 2 aromatic carbocycles. The number of nitrogens with one attached hydrogen (secondary N) is 1. The van der Waals surface area contributed by atoms with Crippen molar-refractivity contribution in [2.45, 2.75) is 0 Å². The van der Waals surface area contributed by atoms with Crippen LogP contribution in [0.3, 0.4) is 0 Å². The number of urea groups is 1. The highest BCUT2D eigenvalue weighted by Crippen LogP contribution is 2.37. The molecule has 0 saturated heterocycles. The maximum atomic E-state index is 10.9. The van der Waals surface area contributed by atoms with Crippen LogP contribution in [0.2, 0.25) is 5.02 Å². The molecule has 3 rings (SSSR count). The average Bonchev–Trinajstić information content (AvgIpc) is 2.62. The topological polar surface area (TPSA) is 95.7 Å². The molecule has 0 fully saturated rings. The number of hydrogen-bond donors (Lipinski definition) is 2. The molecule has 0 saturated carbocycles. The number of carbonyl (C=O) groups is 1. The van der Waals surface area contributed by atoms with Crippen LogP contribution in [0.25, 0.3) is 10.9 Å². The normalized spacial score (nSPS) is 10.4. The van der Waals surface area contributed by atoms with Crippen molar-refractivity contribution >= 4 is 34.2 Å². The molecule has 134 valence electrons. The molecule has 2 amide bonds. The van der Waals surface area contributed by atoms with E-state index in [0.717, 1.165) is 5.39 Å². The van der Waals surface area contributed by atoms with Gasteiger partial charge >= 0.3 is 6.03 Å². The van der Waals surface area contributed by atoms with Gasteiger partial charge in [-0.2, -0.15) is 0 Å². The largest absolute Gasteiger partial charge is 0.493 e. The number of aromatic nitrogens is 1. The molecule has 3 N–H and O–H groups in total. The Labute approximate surface area is 154 Å². The molecule has 0 aliphatic rings. The number of ether oxygens (including phenoxy) is 3. The SMILES string of the molecule is COc1cc2nccc(Oc3ccc(NC(N)=O)c(Cl)c3)c2cc1OC. The highest BCUT2D eigenvalue weighted by Gasteiger charge is 2.12. The van der Waals surface area contributed by atoms with Gasteiger partial charge < -0.3 is 25.3 Å². The molecule has 0 radical (unpaired) electrons. The van der Waals surface area contributed by atoms with Gasteiger partial charge in [-0.15, -0.1) is 0 Å². The number of benzene rings is 2. The first-order chi connectivity index (χ1) is 12.5. The molecule has 3 aromatic rings. The Hall–Kier alpha value is -3.19. The number of amides is 2. The lowest BCUT2D eigenvalue weighted by Gasteiger charge is -2.13. The first-order valence-electron chi connectivity index (χ1n) is 7.56. The Morgan fingerprint density at radius 2 is 1.81 bits per heavy atom. The smallest absolute Gasteiger partial charge is 0.316 e. The van der Waals surface area contributed by atoms with E-state index in [1.54, 1.807) is 56.8 Å². The van der Waals surface area contributed by atoms with Crippen LogP contribution in [0.15, 0.2) is 42.6 Å². The second-order valence-corrected chi connectivity index (χ2v) is 5.67. The van der Waals surface area contributed by atoms with Crippen LogP contribution < -0.4 is 25.3 Å². The van der Waals surface area contributed by atoms with Crippen LogP contribution in [0.4, 0.5) is 10.5 Å². The number of carbonyl (C=O) groups excluding carboxylic acids is 1. The standard InChI is InChI=1S/C18H16ClN3O4/c1-24-16-8-11-14(9-17(16)25-2)21-6-5-15(11)26-10-3-4-13(12(19)7-10)22-18(20)23/h3-9H,1-2H3,(H3,20,22,23). The third-order valence-electron chi connectivity index (χ3n) is 3.63. The molecular formula is C18H16ClN3O4. The lowest BCUT2D eigenvalue weighted by molar-refractivity contribution is 0.259. The molecule has 0 bridgehead atoms. The van der Waals surface area contributed by atoms with E-state index in [9.17, 15) is 4.79 Å². The van der Waals surface area contributed by atoms with Crippen LogP contribution in [-0.2, 0) is 0 Å². The Morgan fingerprint density at radius 1 is 1.08 bits per heavy atom. The Bertz CT molecular complexity index is 978. The highest BCUT2D eigenvalue weighted by molar-refractivity contribution is 6.33. The lowest BCUT2D eigenvalue weighted by atomic mass is 10.2. The van der Waals surface area contributed by atoms with Gasteiger partial charge in [0.1, 0.15) is 11.5 Å². The molecule has 0 unspecified atom stereocenters. The van der Waals surface area contributed by atoms with Crippen LogP contribution >= 0.6 is 11.6 Å². The van der Waals surface area contributed by atoms with E-state index >= 15 is 0 Å². The monoisotopic (exact) mass is 373 g/mol. The van der Waals surface area contributed by atoms with Crippen molar-refractivity contribution in [3.05, 3.63) is 47.6 Å². The first kappa shape index (κ1) is 17.6. The van der Waals surface area contributed by atoms with Crippen molar-refractivity contribution in [2.24, 2.45) is 5.73 Å². The molecule has 0 atom stereocenters. The van der Waals surface area contributed by atoms with Crippen LogP contribution in [0, 0.1) is 0 Å². The Kier molecular flexibility index (Phi) is 4.99.